The summed E-state index contributed by atoms with van der Waals surface area (Å²) in [5.41, 5.74) is 6.86. The quantitative estimate of drug-likeness (QED) is 0.771. The Morgan fingerprint density at radius 2 is 2.31 bits per heavy atom. The molecule has 2 aromatic rings. The number of nitrogens with two attached hydrogens (primary N) is 1. The van der Waals surface area contributed by atoms with Gasteiger partial charge in [-0.15, -0.1) is 0 Å². The molecule has 0 unspecified atom stereocenters. The second-order valence-electron chi connectivity index (χ2n) is 3.43. The molecule has 0 spiro atoms. The molecule has 0 bridgehead atoms. The topological polar surface area (TPSA) is 55.9 Å². The number of nitrogen functional groups attached to an aromatic ring is 1. The Bertz CT molecular complexity index is 453. The normalized spacial score (nSPS) is 10.3. The van der Waals surface area contributed by atoms with Crippen molar-refractivity contribution in [1.82, 2.24) is 9.78 Å². The third-order valence-electron chi connectivity index (χ3n) is 2.23. The molecular weight excluding hydrogens is 207 g/mol. The first kappa shape index (κ1) is 10.5. The standard InChI is InChI=1S/C11H13FN4/c12-9-2-3-10(13)11(8-9)14-5-7-16-6-1-4-15-16/h1-4,6,8,14H,5,7,13H2. The number of hydrogen-bond donors (Lipinski definition) is 2. The molecule has 0 aliphatic heterocycles. The summed E-state index contributed by atoms with van der Waals surface area (Å²) in [6, 6.07) is 6.13. The van der Waals surface area contributed by atoms with Crippen LogP contribution in [-0.2, 0) is 6.54 Å². The summed E-state index contributed by atoms with van der Waals surface area (Å²) in [6.07, 6.45) is 3.59. The molecule has 1 heterocycles. The number of hydrogen-bond acceptors (Lipinski definition) is 3. The van der Waals surface area contributed by atoms with Crippen LogP contribution in [0.3, 0.4) is 0 Å². The summed E-state index contributed by atoms with van der Waals surface area (Å²) >= 11 is 0. The number of halogens is 1. The fraction of sp³-hybridized carbons (Fsp3) is 0.182. The minimum absolute atomic E-state index is 0.296. The van der Waals surface area contributed by atoms with Crippen molar-refractivity contribution < 1.29 is 4.39 Å². The van der Waals surface area contributed by atoms with E-state index in [1.54, 1.807) is 16.9 Å². The Labute approximate surface area is 92.9 Å². The van der Waals surface area contributed by atoms with E-state index in [2.05, 4.69) is 10.4 Å². The van der Waals surface area contributed by atoms with Crippen LogP contribution in [-0.4, -0.2) is 16.3 Å². The SMILES string of the molecule is Nc1ccc(F)cc1NCCn1cccn1. The summed E-state index contributed by atoms with van der Waals surface area (Å²) in [5, 5.41) is 7.12. The van der Waals surface area contributed by atoms with Gasteiger partial charge in [-0.25, -0.2) is 4.39 Å². The van der Waals surface area contributed by atoms with Gasteiger partial charge in [-0.05, 0) is 24.3 Å². The molecular formula is C11H13FN4. The molecule has 2 rings (SSSR count). The summed E-state index contributed by atoms with van der Waals surface area (Å²) in [6.45, 7) is 1.36. The Hall–Kier alpha value is -2.04. The Balaban J connectivity index is 1.92. The van der Waals surface area contributed by atoms with Gasteiger partial charge < -0.3 is 11.1 Å². The monoisotopic (exact) mass is 220 g/mol. The molecule has 0 fully saturated rings. The minimum Gasteiger partial charge on any atom is -0.397 e. The van der Waals surface area contributed by atoms with Crippen molar-refractivity contribution in [3.8, 4) is 0 Å². The lowest BCUT2D eigenvalue weighted by Crippen LogP contribution is -2.11. The molecule has 1 aromatic carbocycles. The Morgan fingerprint density at radius 1 is 1.44 bits per heavy atom. The van der Waals surface area contributed by atoms with Crippen molar-refractivity contribution >= 4 is 11.4 Å². The molecule has 0 saturated carbocycles. The van der Waals surface area contributed by atoms with E-state index in [1.165, 1.54) is 12.1 Å². The van der Waals surface area contributed by atoms with E-state index < -0.39 is 0 Å². The maximum absolute atomic E-state index is 12.9. The first-order valence-corrected chi connectivity index (χ1v) is 5.02. The first-order valence-electron chi connectivity index (χ1n) is 5.02. The third-order valence-corrected chi connectivity index (χ3v) is 2.23. The van der Waals surface area contributed by atoms with Gasteiger partial charge in [0.05, 0.1) is 17.9 Å². The zero-order valence-corrected chi connectivity index (χ0v) is 8.73. The van der Waals surface area contributed by atoms with Crippen LogP contribution >= 0.6 is 0 Å². The van der Waals surface area contributed by atoms with Crippen LogP contribution < -0.4 is 11.1 Å². The molecule has 84 valence electrons. The van der Waals surface area contributed by atoms with Crippen molar-refractivity contribution in [2.24, 2.45) is 0 Å². The number of nitrogens with zero attached hydrogens (tertiary/aromatic N) is 2. The van der Waals surface area contributed by atoms with Crippen LogP contribution in [0, 0.1) is 5.82 Å². The Kier molecular flexibility index (Phi) is 3.05. The van der Waals surface area contributed by atoms with Crippen molar-refractivity contribution in [2.75, 3.05) is 17.6 Å². The van der Waals surface area contributed by atoms with Gasteiger partial charge in [-0.2, -0.15) is 5.10 Å². The van der Waals surface area contributed by atoms with E-state index in [4.69, 9.17) is 5.73 Å². The van der Waals surface area contributed by atoms with E-state index in [1.807, 2.05) is 12.3 Å². The molecule has 0 aliphatic rings. The van der Waals surface area contributed by atoms with Crippen molar-refractivity contribution in [2.45, 2.75) is 6.54 Å². The number of aromatic nitrogens is 2. The highest BCUT2D eigenvalue weighted by Crippen LogP contribution is 2.18. The van der Waals surface area contributed by atoms with Gasteiger partial charge >= 0.3 is 0 Å². The maximum Gasteiger partial charge on any atom is 0.125 e. The lowest BCUT2D eigenvalue weighted by molar-refractivity contribution is 0.626. The highest BCUT2D eigenvalue weighted by molar-refractivity contribution is 5.65. The van der Waals surface area contributed by atoms with E-state index >= 15 is 0 Å². The highest BCUT2D eigenvalue weighted by Gasteiger charge is 2.00. The zero-order valence-electron chi connectivity index (χ0n) is 8.73. The predicted molar refractivity (Wildman–Crippen MR) is 61.5 cm³/mol. The molecule has 0 atom stereocenters. The molecule has 0 aliphatic carbocycles. The number of benzene rings is 1. The lowest BCUT2D eigenvalue weighted by atomic mass is 10.2. The molecule has 0 amide bonds. The average molecular weight is 220 g/mol. The van der Waals surface area contributed by atoms with Crippen molar-refractivity contribution in [1.29, 1.82) is 0 Å². The van der Waals surface area contributed by atoms with Gasteiger partial charge in [-0.3, -0.25) is 4.68 Å². The number of nitrogens with one attached hydrogen (secondary N) is 1. The fourth-order valence-corrected chi connectivity index (χ4v) is 1.42. The molecule has 3 N–H and O–H groups in total. The van der Waals surface area contributed by atoms with Crippen molar-refractivity contribution in [3.05, 3.63) is 42.5 Å². The minimum atomic E-state index is -0.296. The Morgan fingerprint density at radius 3 is 3.06 bits per heavy atom. The van der Waals surface area contributed by atoms with Gasteiger partial charge in [-0.1, -0.05) is 0 Å². The van der Waals surface area contributed by atoms with Crippen LogP contribution in [0.25, 0.3) is 0 Å². The van der Waals surface area contributed by atoms with Crippen molar-refractivity contribution in [3.63, 3.8) is 0 Å². The van der Waals surface area contributed by atoms with Crippen LogP contribution in [0.1, 0.15) is 0 Å². The van der Waals surface area contributed by atoms with Crippen LogP contribution in [0.2, 0.25) is 0 Å². The van der Waals surface area contributed by atoms with Gasteiger partial charge in [0.1, 0.15) is 5.82 Å². The highest BCUT2D eigenvalue weighted by atomic mass is 19.1. The van der Waals surface area contributed by atoms with E-state index in [0.717, 1.165) is 0 Å². The first-order chi connectivity index (χ1) is 7.75. The fourth-order valence-electron chi connectivity index (χ4n) is 1.42. The molecule has 0 radical (unpaired) electrons. The summed E-state index contributed by atoms with van der Waals surface area (Å²) < 4.78 is 14.7. The summed E-state index contributed by atoms with van der Waals surface area (Å²) in [4.78, 5) is 0. The average Bonchev–Trinajstić information content (AvgIpc) is 2.76. The second kappa shape index (κ2) is 4.65. The molecule has 4 nitrogen and oxygen atoms in total. The van der Waals surface area contributed by atoms with Crippen LogP contribution in [0.5, 0.6) is 0 Å². The predicted octanol–water partition coefficient (Wildman–Crippen LogP) is 1.72. The largest absolute Gasteiger partial charge is 0.397 e. The van der Waals surface area contributed by atoms with Crippen LogP contribution in [0.15, 0.2) is 36.7 Å². The molecule has 5 heteroatoms. The van der Waals surface area contributed by atoms with Crippen LogP contribution in [0.4, 0.5) is 15.8 Å². The van der Waals surface area contributed by atoms with Gasteiger partial charge in [0.25, 0.3) is 0 Å². The molecule has 1 aromatic heterocycles. The number of rotatable bonds is 4. The van der Waals surface area contributed by atoms with Gasteiger partial charge in [0.15, 0.2) is 0 Å². The maximum atomic E-state index is 12.9. The summed E-state index contributed by atoms with van der Waals surface area (Å²) in [7, 11) is 0. The van der Waals surface area contributed by atoms with Gasteiger partial charge in [0.2, 0.25) is 0 Å². The number of anilines is 2. The lowest BCUT2D eigenvalue weighted by Gasteiger charge is -2.09. The van der Waals surface area contributed by atoms with E-state index in [-0.39, 0.29) is 5.82 Å². The molecule has 16 heavy (non-hydrogen) atoms. The third kappa shape index (κ3) is 2.50. The second-order valence-corrected chi connectivity index (χ2v) is 3.43. The smallest absolute Gasteiger partial charge is 0.125 e. The summed E-state index contributed by atoms with van der Waals surface area (Å²) in [5.74, 6) is -0.296. The van der Waals surface area contributed by atoms with E-state index in [9.17, 15) is 4.39 Å². The van der Waals surface area contributed by atoms with E-state index in [0.29, 0.717) is 24.5 Å². The molecule has 0 saturated heterocycles. The van der Waals surface area contributed by atoms with Gasteiger partial charge in [0, 0.05) is 18.9 Å². The zero-order chi connectivity index (χ0) is 11.4.